The molecule has 4 heteroatoms. The van der Waals surface area contributed by atoms with Crippen molar-refractivity contribution in [3.63, 3.8) is 0 Å². The van der Waals surface area contributed by atoms with Crippen LogP contribution in [-0.2, 0) is 0 Å². The van der Waals surface area contributed by atoms with Crippen LogP contribution in [0.1, 0.15) is 19.8 Å². The second kappa shape index (κ2) is 6.61. The third-order valence-corrected chi connectivity index (χ3v) is 2.59. The first-order valence-electron chi connectivity index (χ1n) is 5.38. The summed E-state index contributed by atoms with van der Waals surface area (Å²) in [5.41, 5.74) is 0.889. The number of rotatable bonds is 6. The van der Waals surface area contributed by atoms with Gasteiger partial charge in [-0.05, 0) is 38.0 Å². The number of hydrogen-bond donors (Lipinski definition) is 2. The van der Waals surface area contributed by atoms with Crippen molar-refractivity contribution in [1.82, 2.24) is 0 Å². The number of benzene rings is 1. The summed E-state index contributed by atoms with van der Waals surface area (Å²) in [5, 5.41) is 12.7. The molecule has 0 heterocycles. The third kappa shape index (κ3) is 3.91. The Morgan fingerprint density at radius 3 is 2.88 bits per heavy atom. The summed E-state index contributed by atoms with van der Waals surface area (Å²) in [6.45, 7) is 2.29. The lowest BCUT2D eigenvalue weighted by molar-refractivity contribution is 0.282. The highest BCUT2D eigenvalue weighted by Crippen LogP contribution is 2.28. The van der Waals surface area contributed by atoms with Gasteiger partial charge in [-0.3, -0.25) is 0 Å². The molecule has 16 heavy (non-hydrogen) atoms. The van der Waals surface area contributed by atoms with E-state index in [1.165, 1.54) is 0 Å². The predicted octanol–water partition coefficient (Wildman–Crippen LogP) is 2.92. The molecular weight excluding hydrogens is 226 g/mol. The highest BCUT2D eigenvalue weighted by atomic mass is 35.5. The Kier molecular flexibility index (Phi) is 5.43. The Morgan fingerprint density at radius 2 is 2.25 bits per heavy atom. The molecule has 90 valence electrons. The zero-order valence-corrected chi connectivity index (χ0v) is 10.4. The van der Waals surface area contributed by atoms with Crippen molar-refractivity contribution >= 4 is 17.3 Å². The van der Waals surface area contributed by atoms with Crippen molar-refractivity contribution in [1.29, 1.82) is 0 Å². The van der Waals surface area contributed by atoms with Gasteiger partial charge in [0.15, 0.2) is 0 Å². The number of halogens is 1. The number of methoxy groups -OCH3 is 1. The number of ether oxygens (including phenoxy) is 1. The monoisotopic (exact) mass is 243 g/mol. The molecule has 0 radical (unpaired) electrons. The molecule has 0 fully saturated rings. The van der Waals surface area contributed by atoms with E-state index in [1.54, 1.807) is 13.2 Å². The normalized spacial score (nSPS) is 12.2. The Hall–Kier alpha value is -0.930. The Labute approximate surface area is 101 Å². The first-order chi connectivity index (χ1) is 7.67. The third-order valence-electron chi connectivity index (χ3n) is 2.36. The van der Waals surface area contributed by atoms with Crippen molar-refractivity contribution in [2.75, 3.05) is 19.0 Å². The summed E-state index contributed by atoms with van der Waals surface area (Å²) in [5.74, 6) is 0.778. The number of aliphatic hydroxyl groups is 1. The van der Waals surface area contributed by atoms with Crippen LogP contribution in [-0.4, -0.2) is 24.9 Å². The van der Waals surface area contributed by atoms with Crippen molar-refractivity contribution < 1.29 is 9.84 Å². The lowest BCUT2D eigenvalue weighted by atomic mass is 10.1. The van der Waals surface area contributed by atoms with Gasteiger partial charge in [0.2, 0.25) is 0 Å². The lowest BCUT2D eigenvalue weighted by Crippen LogP contribution is -2.16. The molecule has 0 aromatic heterocycles. The quantitative estimate of drug-likeness (QED) is 0.807. The van der Waals surface area contributed by atoms with E-state index in [4.69, 9.17) is 21.4 Å². The molecule has 1 atom stereocenters. The van der Waals surface area contributed by atoms with Crippen LogP contribution < -0.4 is 10.1 Å². The largest absolute Gasteiger partial charge is 0.495 e. The maximum Gasteiger partial charge on any atom is 0.142 e. The second-order valence-corrected chi connectivity index (χ2v) is 4.19. The molecule has 3 nitrogen and oxygen atoms in total. The summed E-state index contributed by atoms with van der Waals surface area (Å²) in [6.07, 6.45) is 1.70. The summed E-state index contributed by atoms with van der Waals surface area (Å²) < 4.78 is 5.24. The molecule has 1 aromatic rings. The second-order valence-electron chi connectivity index (χ2n) is 3.76. The van der Waals surface area contributed by atoms with E-state index in [9.17, 15) is 0 Å². The topological polar surface area (TPSA) is 41.5 Å². The minimum absolute atomic E-state index is 0.221. The van der Waals surface area contributed by atoms with Gasteiger partial charge in [0.05, 0.1) is 12.8 Å². The molecule has 1 rings (SSSR count). The Bertz CT molecular complexity index is 331. The SMILES string of the molecule is COc1ccc(Cl)cc1NC(C)CCCO. The summed E-state index contributed by atoms with van der Waals surface area (Å²) >= 11 is 5.93. The van der Waals surface area contributed by atoms with Crippen LogP contribution in [0.5, 0.6) is 5.75 Å². The van der Waals surface area contributed by atoms with Gasteiger partial charge < -0.3 is 15.2 Å². The molecule has 0 aliphatic heterocycles. The summed E-state index contributed by atoms with van der Waals surface area (Å²) in [4.78, 5) is 0. The van der Waals surface area contributed by atoms with Crippen molar-refractivity contribution in [2.45, 2.75) is 25.8 Å². The van der Waals surface area contributed by atoms with E-state index < -0.39 is 0 Å². The first-order valence-corrected chi connectivity index (χ1v) is 5.76. The number of anilines is 1. The van der Waals surface area contributed by atoms with Crippen molar-refractivity contribution in [2.24, 2.45) is 0 Å². The van der Waals surface area contributed by atoms with Gasteiger partial charge in [-0.2, -0.15) is 0 Å². The molecule has 1 aromatic carbocycles. The van der Waals surface area contributed by atoms with Gasteiger partial charge in [-0.25, -0.2) is 0 Å². The molecule has 2 N–H and O–H groups in total. The average Bonchev–Trinajstić information content (AvgIpc) is 2.27. The highest BCUT2D eigenvalue weighted by molar-refractivity contribution is 6.30. The molecule has 0 spiro atoms. The Morgan fingerprint density at radius 1 is 1.50 bits per heavy atom. The maximum atomic E-state index is 8.75. The van der Waals surface area contributed by atoms with E-state index in [1.807, 2.05) is 12.1 Å². The minimum Gasteiger partial charge on any atom is -0.495 e. The van der Waals surface area contributed by atoms with E-state index >= 15 is 0 Å². The standard InChI is InChI=1S/C12H18ClNO2/c1-9(4-3-7-15)14-11-8-10(13)5-6-12(11)16-2/h5-6,8-9,14-15H,3-4,7H2,1-2H3. The van der Waals surface area contributed by atoms with Gasteiger partial charge in [0.1, 0.15) is 5.75 Å². The fourth-order valence-electron chi connectivity index (χ4n) is 1.53. The van der Waals surface area contributed by atoms with Crippen LogP contribution in [0.25, 0.3) is 0 Å². The smallest absolute Gasteiger partial charge is 0.142 e. The Balaban J connectivity index is 2.67. The van der Waals surface area contributed by atoms with Crippen LogP contribution in [0.15, 0.2) is 18.2 Å². The van der Waals surface area contributed by atoms with Gasteiger partial charge in [0, 0.05) is 17.7 Å². The average molecular weight is 244 g/mol. The zero-order valence-electron chi connectivity index (χ0n) is 9.66. The van der Waals surface area contributed by atoms with Crippen LogP contribution in [0, 0.1) is 0 Å². The first kappa shape index (κ1) is 13.1. The molecule has 0 aliphatic carbocycles. The molecule has 0 saturated heterocycles. The van der Waals surface area contributed by atoms with E-state index in [2.05, 4.69) is 12.2 Å². The van der Waals surface area contributed by atoms with Crippen LogP contribution >= 0.6 is 11.6 Å². The van der Waals surface area contributed by atoms with Crippen LogP contribution in [0.3, 0.4) is 0 Å². The van der Waals surface area contributed by atoms with Crippen LogP contribution in [0.2, 0.25) is 5.02 Å². The minimum atomic E-state index is 0.221. The predicted molar refractivity (Wildman–Crippen MR) is 67.4 cm³/mol. The molecule has 1 unspecified atom stereocenters. The zero-order chi connectivity index (χ0) is 12.0. The number of nitrogens with one attached hydrogen (secondary N) is 1. The number of aliphatic hydroxyl groups excluding tert-OH is 1. The molecule has 0 bridgehead atoms. The van der Waals surface area contributed by atoms with Gasteiger partial charge in [-0.15, -0.1) is 0 Å². The van der Waals surface area contributed by atoms with Crippen molar-refractivity contribution in [3.05, 3.63) is 23.2 Å². The summed E-state index contributed by atoms with van der Waals surface area (Å²) in [7, 11) is 1.63. The fraction of sp³-hybridized carbons (Fsp3) is 0.500. The van der Waals surface area contributed by atoms with E-state index in [0.717, 1.165) is 24.3 Å². The van der Waals surface area contributed by atoms with Gasteiger partial charge in [0.25, 0.3) is 0 Å². The lowest BCUT2D eigenvalue weighted by Gasteiger charge is -2.17. The van der Waals surface area contributed by atoms with Crippen LogP contribution in [0.4, 0.5) is 5.69 Å². The maximum absolute atomic E-state index is 8.75. The molecular formula is C12H18ClNO2. The van der Waals surface area contributed by atoms with E-state index in [0.29, 0.717) is 5.02 Å². The summed E-state index contributed by atoms with van der Waals surface area (Å²) in [6, 6.07) is 5.75. The van der Waals surface area contributed by atoms with Crippen molar-refractivity contribution in [3.8, 4) is 5.75 Å². The van der Waals surface area contributed by atoms with Gasteiger partial charge in [-0.1, -0.05) is 11.6 Å². The molecule has 0 aliphatic rings. The number of hydrogen-bond acceptors (Lipinski definition) is 3. The fourth-order valence-corrected chi connectivity index (χ4v) is 1.70. The molecule has 0 amide bonds. The molecule has 0 saturated carbocycles. The highest BCUT2D eigenvalue weighted by Gasteiger charge is 2.07. The van der Waals surface area contributed by atoms with Gasteiger partial charge >= 0.3 is 0 Å². The van der Waals surface area contributed by atoms with E-state index in [-0.39, 0.29) is 12.6 Å².